The van der Waals surface area contributed by atoms with Gasteiger partial charge in [0.1, 0.15) is 0 Å². The first-order chi connectivity index (χ1) is 11.4. The van der Waals surface area contributed by atoms with Crippen LogP contribution in [0.2, 0.25) is 0 Å². The van der Waals surface area contributed by atoms with E-state index in [0.29, 0.717) is 18.4 Å². The number of alkyl halides is 2. The molecule has 1 aromatic carbocycles. The lowest BCUT2D eigenvalue weighted by atomic mass is 9.95. The zero-order valence-electron chi connectivity index (χ0n) is 12.5. The van der Waals surface area contributed by atoms with Crippen molar-refractivity contribution in [1.29, 1.82) is 0 Å². The van der Waals surface area contributed by atoms with Crippen LogP contribution in [0.3, 0.4) is 0 Å². The minimum atomic E-state index is -3.67. The van der Waals surface area contributed by atoms with E-state index in [2.05, 4.69) is 19.6 Å². The molecule has 0 unspecified atom stereocenters. The van der Waals surface area contributed by atoms with Crippen molar-refractivity contribution in [3.05, 3.63) is 35.5 Å². The van der Waals surface area contributed by atoms with Gasteiger partial charge in [0.05, 0.1) is 12.0 Å². The Bertz CT molecular complexity index is 816. The molecule has 4 rings (SSSR count). The first-order valence-corrected chi connectivity index (χ1v) is 7.35. The average molecular weight is 338 g/mol. The molecule has 0 saturated heterocycles. The summed E-state index contributed by atoms with van der Waals surface area (Å²) in [4.78, 5) is 15.7. The van der Waals surface area contributed by atoms with Crippen LogP contribution in [0, 0.1) is 0 Å². The first-order valence-electron chi connectivity index (χ1n) is 7.35. The number of benzene rings is 1. The number of ether oxygens (including phenoxy) is 3. The van der Waals surface area contributed by atoms with Crippen molar-refractivity contribution in [2.45, 2.75) is 31.5 Å². The Morgan fingerprint density at radius 3 is 2.75 bits per heavy atom. The van der Waals surface area contributed by atoms with Gasteiger partial charge in [0, 0.05) is 0 Å². The number of halogens is 2. The minimum Gasteiger partial charge on any atom is -0.460 e. The van der Waals surface area contributed by atoms with Crippen molar-refractivity contribution in [1.82, 2.24) is 10.1 Å². The van der Waals surface area contributed by atoms with Crippen LogP contribution < -0.4 is 9.47 Å². The van der Waals surface area contributed by atoms with Gasteiger partial charge in [-0.1, -0.05) is 6.07 Å². The molecule has 1 aliphatic carbocycles. The lowest BCUT2D eigenvalue weighted by molar-refractivity contribution is -0.286. The summed E-state index contributed by atoms with van der Waals surface area (Å²) in [6.07, 6.45) is -2.29. The molecule has 0 N–H and O–H groups in total. The summed E-state index contributed by atoms with van der Waals surface area (Å²) in [6.45, 7) is 1.87. The third-order valence-corrected chi connectivity index (χ3v) is 4.00. The van der Waals surface area contributed by atoms with Crippen LogP contribution in [0.4, 0.5) is 8.78 Å². The predicted octanol–water partition coefficient (Wildman–Crippen LogP) is 2.65. The highest BCUT2D eigenvalue weighted by molar-refractivity contribution is 5.84. The van der Waals surface area contributed by atoms with Gasteiger partial charge in [-0.25, -0.2) is 4.79 Å². The number of nitrogens with zero attached hydrogens (tertiary/aromatic N) is 2. The summed E-state index contributed by atoms with van der Waals surface area (Å²) in [5.41, 5.74) is 0.0789. The lowest BCUT2D eigenvalue weighted by Gasteiger charge is -2.10. The Labute approximate surface area is 134 Å². The number of fused-ring (bicyclic) bond motifs is 1. The van der Waals surface area contributed by atoms with Gasteiger partial charge in [0.2, 0.25) is 5.89 Å². The largest absolute Gasteiger partial charge is 0.586 e. The minimum absolute atomic E-state index is 0.0303. The Morgan fingerprint density at radius 2 is 2.04 bits per heavy atom. The van der Waals surface area contributed by atoms with Crippen molar-refractivity contribution < 1.29 is 32.3 Å². The molecule has 7 nitrogen and oxygen atoms in total. The molecule has 1 aliphatic heterocycles. The average Bonchev–Trinajstić information content (AvgIpc) is 3.06. The molecule has 0 radical (unpaired) electrons. The smallest absolute Gasteiger partial charge is 0.460 e. The van der Waals surface area contributed by atoms with Crippen molar-refractivity contribution in [3.63, 3.8) is 0 Å². The van der Waals surface area contributed by atoms with E-state index in [1.807, 2.05) is 0 Å². The van der Waals surface area contributed by atoms with E-state index >= 15 is 0 Å². The van der Waals surface area contributed by atoms with Crippen molar-refractivity contribution in [2.75, 3.05) is 6.61 Å². The van der Waals surface area contributed by atoms with Crippen molar-refractivity contribution in [2.24, 2.45) is 0 Å². The zero-order valence-corrected chi connectivity index (χ0v) is 12.5. The molecule has 0 atom stereocenters. The molecular weight excluding hydrogens is 326 g/mol. The zero-order chi connectivity index (χ0) is 16.9. The summed E-state index contributed by atoms with van der Waals surface area (Å²) in [6, 6.07) is 4.52. The maximum absolute atomic E-state index is 13.1. The maximum Gasteiger partial charge on any atom is 0.586 e. The molecule has 2 aromatic rings. The first kappa shape index (κ1) is 14.9. The number of rotatable bonds is 4. The summed E-state index contributed by atoms with van der Waals surface area (Å²) < 4.78 is 45.1. The highest BCUT2D eigenvalue weighted by Crippen LogP contribution is 2.55. The molecule has 2 heterocycles. The van der Waals surface area contributed by atoms with Gasteiger partial charge in [-0.15, -0.1) is 8.78 Å². The van der Waals surface area contributed by atoms with Crippen LogP contribution in [-0.2, 0) is 10.2 Å². The van der Waals surface area contributed by atoms with Crippen LogP contribution in [0.25, 0.3) is 0 Å². The fourth-order valence-electron chi connectivity index (χ4n) is 2.69. The van der Waals surface area contributed by atoms with Crippen molar-refractivity contribution in [3.8, 4) is 11.5 Å². The Hall–Kier alpha value is -2.71. The third kappa shape index (κ3) is 2.27. The monoisotopic (exact) mass is 338 g/mol. The van der Waals surface area contributed by atoms with E-state index in [1.165, 1.54) is 12.1 Å². The van der Waals surface area contributed by atoms with Crippen molar-refractivity contribution >= 4 is 5.97 Å². The predicted molar refractivity (Wildman–Crippen MR) is 72.9 cm³/mol. The van der Waals surface area contributed by atoms with Crippen LogP contribution in [-0.4, -0.2) is 29.0 Å². The van der Waals surface area contributed by atoms with Gasteiger partial charge in [0.15, 0.2) is 11.5 Å². The van der Waals surface area contributed by atoms with E-state index in [-0.39, 0.29) is 29.8 Å². The molecular formula is C15H12F2N2O5. The SMILES string of the molecule is CCOC(=O)c1noc(C2(c3ccc4c(c3)OC(F)(F)O4)CC2)n1. The lowest BCUT2D eigenvalue weighted by Crippen LogP contribution is -2.25. The maximum atomic E-state index is 13.1. The van der Waals surface area contributed by atoms with Gasteiger partial charge in [0.25, 0.3) is 5.82 Å². The van der Waals surface area contributed by atoms with Crippen LogP contribution in [0.5, 0.6) is 11.5 Å². The van der Waals surface area contributed by atoms with Crippen LogP contribution >= 0.6 is 0 Å². The van der Waals surface area contributed by atoms with Gasteiger partial charge in [-0.2, -0.15) is 4.98 Å². The number of hydrogen-bond acceptors (Lipinski definition) is 7. The van der Waals surface area contributed by atoms with Crippen LogP contribution in [0.1, 0.15) is 41.8 Å². The fraction of sp³-hybridized carbons (Fsp3) is 0.400. The Balaban J connectivity index is 1.64. The van der Waals surface area contributed by atoms with E-state index in [4.69, 9.17) is 9.26 Å². The number of carbonyl (C=O) groups excluding carboxylic acids is 1. The molecule has 0 spiro atoms. The van der Waals surface area contributed by atoms with Gasteiger partial charge >= 0.3 is 12.3 Å². The molecule has 1 fully saturated rings. The molecule has 0 amide bonds. The number of hydrogen-bond donors (Lipinski definition) is 0. The second-order valence-corrected chi connectivity index (χ2v) is 5.55. The normalized spacial score (nSPS) is 19.1. The second-order valence-electron chi connectivity index (χ2n) is 5.55. The standard InChI is InChI=1S/C15H12F2N2O5/c1-2-21-12(20)11-18-13(24-19-11)14(5-6-14)8-3-4-9-10(7-8)23-15(16,17)22-9/h3-4,7H,2,5-6H2,1H3. The van der Waals surface area contributed by atoms with Crippen LogP contribution in [0.15, 0.2) is 22.7 Å². The summed E-state index contributed by atoms with van der Waals surface area (Å²) >= 11 is 0. The van der Waals surface area contributed by atoms with E-state index in [0.717, 1.165) is 0 Å². The second kappa shape index (κ2) is 4.89. The molecule has 0 bridgehead atoms. The Kier molecular flexibility index (Phi) is 3.03. The molecule has 9 heteroatoms. The molecule has 126 valence electrons. The molecule has 1 aromatic heterocycles. The summed E-state index contributed by atoms with van der Waals surface area (Å²) in [5, 5.41) is 3.63. The fourth-order valence-corrected chi connectivity index (χ4v) is 2.69. The van der Waals surface area contributed by atoms with Gasteiger partial charge < -0.3 is 18.7 Å². The highest BCUT2D eigenvalue weighted by Gasteiger charge is 2.52. The summed E-state index contributed by atoms with van der Waals surface area (Å²) in [7, 11) is 0. The van der Waals surface area contributed by atoms with Gasteiger partial charge in [-0.3, -0.25) is 0 Å². The summed E-state index contributed by atoms with van der Waals surface area (Å²) in [5.74, 6) is -0.665. The molecule has 1 saturated carbocycles. The Morgan fingerprint density at radius 1 is 1.29 bits per heavy atom. The highest BCUT2D eigenvalue weighted by atomic mass is 19.3. The molecule has 2 aliphatic rings. The number of aromatic nitrogens is 2. The third-order valence-electron chi connectivity index (χ3n) is 4.00. The number of esters is 1. The van der Waals surface area contributed by atoms with Gasteiger partial charge in [-0.05, 0) is 42.6 Å². The quantitative estimate of drug-likeness (QED) is 0.792. The molecule has 24 heavy (non-hydrogen) atoms. The van der Waals surface area contributed by atoms with E-state index < -0.39 is 17.7 Å². The topological polar surface area (TPSA) is 83.7 Å². The number of carbonyl (C=O) groups is 1. The van der Waals surface area contributed by atoms with E-state index in [9.17, 15) is 13.6 Å². The van der Waals surface area contributed by atoms with E-state index in [1.54, 1.807) is 13.0 Å².